The second-order valence-electron chi connectivity index (χ2n) is 5.90. The van der Waals surface area contributed by atoms with Gasteiger partial charge in [-0.25, -0.2) is 4.79 Å². The van der Waals surface area contributed by atoms with Crippen molar-refractivity contribution in [3.05, 3.63) is 29.8 Å². The maximum absolute atomic E-state index is 12.0. The van der Waals surface area contributed by atoms with Gasteiger partial charge in [-0.1, -0.05) is 32.9 Å². The molecule has 1 aromatic carbocycles. The van der Waals surface area contributed by atoms with Crippen LogP contribution in [0.15, 0.2) is 24.3 Å². The van der Waals surface area contributed by atoms with Crippen LogP contribution < -0.4 is 10.6 Å². The van der Waals surface area contributed by atoms with Gasteiger partial charge < -0.3 is 15.7 Å². The molecule has 2 amide bonds. The Morgan fingerprint density at radius 2 is 2.05 bits per heavy atom. The van der Waals surface area contributed by atoms with E-state index in [-0.39, 0.29) is 24.1 Å². The minimum Gasteiger partial charge on any atom is -0.396 e. The van der Waals surface area contributed by atoms with Crippen molar-refractivity contribution < 1.29 is 9.90 Å². The van der Waals surface area contributed by atoms with Crippen molar-refractivity contribution in [3.8, 4) is 0 Å². The predicted molar refractivity (Wildman–Crippen MR) is 78.3 cm³/mol. The van der Waals surface area contributed by atoms with Gasteiger partial charge in [-0.3, -0.25) is 0 Å². The smallest absolute Gasteiger partial charge is 0.319 e. The molecule has 0 fully saturated rings. The number of carbonyl (C=O) groups is 1. The molecule has 0 aliphatic carbocycles. The molecule has 0 bridgehead atoms. The van der Waals surface area contributed by atoms with Crippen LogP contribution in [0.5, 0.6) is 0 Å². The lowest BCUT2D eigenvalue weighted by atomic mass is 9.85. The van der Waals surface area contributed by atoms with Crippen LogP contribution in [-0.4, -0.2) is 23.8 Å². The van der Waals surface area contributed by atoms with E-state index in [2.05, 4.69) is 10.6 Å². The normalized spacial score (nSPS) is 12.9. The maximum Gasteiger partial charge on any atom is 0.319 e. The number of hydrogen-bond acceptors (Lipinski definition) is 2. The van der Waals surface area contributed by atoms with E-state index in [0.717, 1.165) is 11.3 Å². The molecule has 106 valence electrons. The van der Waals surface area contributed by atoms with Gasteiger partial charge in [0.05, 0.1) is 0 Å². The average molecular weight is 264 g/mol. The Labute approximate surface area is 115 Å². The lowest BCUT2D eigenvalue weighted by molar-refractivity contribution is 0.194. The van der Waals surface area contributed by atoms with E-state index in [1.54, 1.807) is 0 Å². The first kappa shape index (κ1) is 15.5. The number of carbonyl (C=O) groups excluding carboxylic acids is 1. The molecular weight excluding hydrogens is 240 g/mol. The summed E-state index contributed by atoms with van der Waals surface area (Å²) in [5.41, 5.74) is 1.78. The quantitative estimate of drug-likeness (QED) is 0.783. The third-order valence-corrected chi connectivity index (χ3v) is 3.04. The van der Waals surface area contributed by atoms with Gasteiger partial charge in [0.1, 0.15) is 0 Å². The SMILES string of the molecule is Cc1cccc(NC(=O)N[C@H](CCO)C(C)(C)C)c1. The van der Waals surface area contributed by atoms with E-state index in [1.165, 1.54) is 0 Å². The molecular formula is C15H24N2O2. The van der Waals surface area contributed by atoms with Crippen LogP contribution in [-0.2, 0) is 0 Å². The molecule has 19 heavy (non-hydrogen) atoms. The zero-order valence-electron chi connectivity index (χ0n) is 12.2. The second kappa shape index (κ2) is 6.57. The summed E-state index contributed by atoms with van der Waals surface area (Å²) in [4.78, 5) is 12.0. The van der Waals surface area contributed by atoms with Gasteiger partial charge in [0.25, 0.3) is 0 Å². The average Bonchev–Trinajstić information content (AvgIpc) is 2.27. The van der Waals surface area contributed by atoms with Crippen LogP contribution in [0.3, 0.4) is 0 Å². The predicted octanol–water partition coefficient (Wildman–Crippen LogP) is 2.91. The van der Waals surface area contributed by atoms with E-state index >= 15 is 0 Å². The highest BCUT2D eigenvalue weighted by Gasteiger charge is 2.25. The topological polar surface area (TPSA) is 61.4 Å². The summed E-state index contributed by atoms with van der Waals surface area (Å²) < 4.78 is 0. The zero-order valence-corrected chi connectivity index (χ0v) is 12.2. The van der Waals surface area contributed by atoms with Crippen molar-refractivity contribution in [3.63, 3.8) is 0 Å². The summed E-state index contributed by atoms with van der Waals surface area (Å²) in [5, 5.41) is 14.8. The van der Waals surface area contributed by atoms with Gasteiger partial charge in [-0.15, -0.1) is 0 Å². The zero-order chi connectivity index (χ0) is 14.5. The highest BCUT2D eigenvalue weighted by Crippen LogP contribution is 2.21. The van der Waals surface area contributed by atoms with Crippen molar-refractivity contribution in [1.82, 2.24) is 5.32 Å². The third kappa shape index (κ3) is 5.30. The van der Waals surface area contributed by atoms with E-state index < -0.39 is 0 Å². The number of aliphatic hydroxyl groups excluding tert-OH is 1. The number of hydrogen-bond donors (Lipinski definition) is 3. The fourth-order valence-corrected chi connectivity index (χ4v) is 1.90. The fraction of sp³-hybridized carbons (Fsp3) is 0.533. The van der Waals surface area contributed by atoms with Gasteiger partial charge in [0, 0.05) is 18.3 Å². The van der Waals surface area contributed by atoms with Gasteiger partial charge in [0.15, 0.2) is 0 Å². The first-order chi connectivity index (χ1) is 8.82. The highest BCUT2D eigenvalue weighted by molar-refractivity contribution is 5.89. The van der Waals surface area contributed by atoms with Gasteiger partial charge >= 0.3 is 6.03 Å². The largest absolute Gasteiger partial charge is 0.396 e. The lowest BCUT2D eigenvalue weighted by Gasteiger charge is -2.31. The lowest BCUT2D eigenvalue weighted by Crippen LogP contribution is -2.46. The van der Waals surface area contributed by atoms with Gasteiger partial charge in [-0.2, -0.15) is 0 Å². The summed E-state index contributed by atoms with van der Waals surface area (Å²) in [6, 6.07) is 7.34. The number of anilines is 1. The Kier molecular flexibility index (Phi) is 5.36. The van der Waals surface area contributed by atoms with Gasteiger partial charge in [0.2, 0.25) is 0 Å². The maximum atomic E-state index is 12.0. The number of aryl methyl sites for hydroxylation is 1. The minimum atomic E-state index is -0.237. The summed E-state index contributed by atoms with van der Waals surface area (Å²) in [6.07, 6.45) is 0.546. The molecule has 1 rings (SSSR count). The molecule has 1 atom stereocenters. The van der Waals surface area contributed by atoms with Crippen LogP contribution >= 0.6 is 0 Å². The molecule has 0 spiro atoms. The summed E-state index contributed by atoms with van der Waals surface area (Å²) >= 11 is 0. The molecule has 0 unspecified atom stereocenters. The summed E-state index contributed by atoms with van der Waals surface area (Å²) in [7, 11) is 0. The molecule has 0 aromatic heterocycles. The standard InChI is InChI=1S/C15H24N2O2/c1-11-6-5-7-12(10-11)16-14(19)17-13(8-9-18)15(2,3)4/h5-7,10,13,18H,8-9H2,1-4H3,(H2,16,17,19)/t13-/m1/s1. The monoisotopic (exact) mass is 264 g/mol. The molecule has 3 N–H and O–H groups in total. The number of nitrogens with one attached hydrogen (secondary N) is 2. The summed E-state index contributed by atoms with van der Waals surface area (Å²) in [5.74, 6) is 0. The van der Waals surface area contributed by atoms with E-state index in [4.69, 9.17) is 5.11 Å². The van der Waals surface area contributed by atoms with Crippen molar-refractivity contribution in [1.29, 1.82) is 0 Å². The molecule has 0 aliphatic heterocycles. The number of benzene rings is 1. The van der Waals surface area contributed by atoms with E-state index in [9.17, 15) is 4.79 Å². The molecule has 1 aromatic rings. The number of urea groups is 1. The Morgan fingerprint density at radius 1 is 1.37 bits per heavy atom. The fourth-order valence-electron chi connectivity index (χ4n) is 1.90. The molecule has 0 saturated carbocycles. The summed E-state index contributed by atoms with van der Waals surface area (Å²) in [6.45, 7) is 8.17. The van der Waals surface area contributed by atoms with Crippen molar-refractivity contribution >= 4 is 11.7 Å². The Hall–Kier alpha value is -1.55. The third-order valence-electron chi connectivity index (χ3n) is 3.04. The number of aliphatic hydroxyl groups is 1. The molecule has 0 heterocycles. The minimum absolute atomic E-state index is 0.0622. The van der Waals surface area contributed by atoms with Crippen molar-refractivity contribution in [2.75, 3.05) is 11.9 Å². The van der Waals surface area contributed by atoms with Crippen molar-refractivity contribution in [2.45, 2.75) is 40.2 Å². The molecule has 0 saturated heterocycles. The van der Waals surface area contributed by atoms with Crippen molar-refractivity contribution in [2.24, 2.45) is 5.41 Å². The first-order valence-electron chi connectivity index (χ1n) is 6.58. The molecule has 4 nitrogen and oxygen atoms in total. The van der Waals surface area contributed by atoms with Crippen LogP contribution in [0, 0.1) is 12.3 Å². The number of rotatable bonds is 4. The van der Waals surface area contributed by atoms with Crippen LogP contribution in [0.1, 0.15) is 32.8 Å². The van der Waals surface area contributed by atoms with Crippen LogP contribution in [0.25, 0.3) is 0 Å². The second-order valence-corrected chi connectivity index (χ2v) is 5.90. The Bertz CT molecular complexity index is 424. The van der Waals surface area contributed by atoms with E-state index in [1.807, 2.05) is 52.0 Å². The number of amides is 2. The van der Waals surface area contributed by atoms with E-state index in [0.29, 0.717) is 6.42 Å². The molecule has 0 aliphatic rings. The Balaban J connectivity index is 2.63. The van der Waals surface area contributed by atoms with Crippen LogP contribution in [0.2, 0.25) is 0 Å². The highest BCUT2D eigenvalue weighted by atomic mass is 16.3. The van der Waals surface area contributed by atoms with Gasteiger partial charge in [-0.05, 0) is 36.5 Å². The first-order valence-corrected chi connectivity index (χ1v) is 6.58. The Morgan fingerprint density at radius 3 is 2.58 bits per heavy atom. The molecule has 0 radical (unpaired) electrons. The molecule has 4 heteroatoms. The van der Waals surface area contributed by atoms with Crippen LogP contribution in [0.4, 0.5) is 10.5 Å².